The maximum Gasteiger partial charge on any atom is 0.261 e. The largest absolute Gasteiger partial charge is 0.494 e. The number of ether oxygens (including phenoxy) is 1. The lowest BCUT2D eigenvalue weighted by Crippen LogP contribution is -2.13. The number of hydrogen-bond donors (Lipinski definition) is 1. The number of nitrogens with zero attached hydrogens (tertiary/aromatic N) is 3. The lowest BCUT2D eigenvalue weighted by molar-refractivity contribution is 0.340. The van der Waals surface area contributed by atoms with Gasteiger partial charge in [0.25, 0.3) is 10.0 Å². The van der Waals surface area contributed by atoms with E-state index in [0.29, 0.717) is 23.7 Å². The minimum absolute atomic E-state index is 0.166. The highest BCUT2D eigenvalue weighted by Gasteiger charge is 2.14. The number of anilines is 1. The van der Waals surface area contributed by atoms with E-state index in [-0.39, 0.29) is 4.90 Å². The average molecular weight is 318 g/mol. The fraction of sp³-hybridized carbons (Fsp3) is 0.143. The zero-order valence-corrected chi connectivity index (χ0v) is 12.6. The molecule has 0 fully saturated rings. The van der Waals surface area contributed by atoms with E-state index < -0.39 is 10.0 Å². The molecule has 8 heteroatoms. The van der Waals surface area contributed by atoms with Crippen molar-refractivity contribution in [2.45, 2.75) is 11.8 Å². The molecule has 0 spiro atoms. The van der Waals surface area contributed by atoms with E-state index >= 15 is 0 Å². The Labute approximate surface area is 127 Å². The Bertz CT molecular complexity index is 888. The molecule has 0 bridgehead atoms. The molecule has 2 aromatic heterocycles. The summed E-state index contributed by atoms with van der Waals surface area (Å²) in [5, 5.41) is 7.61. The minimum Gasteiger partial charge on any atom is -0.494 e. The third kappa shape index (κ3) is 2.86. The number of aromatic nitrogens is 3. The lowest BCUT2D eigenvalue weighted by atomic mass is 10.3. The molecule has 0 aliphatic carbocycles. The first-order valence-electron chi connectivity index (χ1n) is 6.63. The fourth-order valence-electron chi connectivity index (χ4n) is 1.98. The van der Waals surface area contributed by atoms with Gasteiger partial charge < -0.3 is 4.74 Å². The summed E-state index contributed by atoms with van der Waals surface area (Å²) in [6.45, 7) is 2.40. The molecule has 0 amide bonds. The molecule has 3 aromatic rings. The Morgan fingerprint density at radius 1 is 1.18 bits per heavy atom. The van der Waals surface area contributed by atoms with Gasteiger partial charge >= 0.3 is 0 Å². The van der Waals surface area contributed by atoms with Crippen LogP contribution in [-0.4, -0.2) is 29.6 Å². The SMILES string of the molecule is CCOc1ccc(S(=O)(=O)Nc2ccc3nncn3c2)cc1. The van der Waals surface area contributed by atoms with Crippen molar-refractivity contribution in [3.63, 3.8) is 0 Å². The maximum atomic E-state index is 12.4. The second kappa shape index (κ2) is 5.64. The van der Waals surface area contributed by atoms with Gasteiger partial charge in [-0.05, 0) is 43.3 Å². The summed E-state index contributed by atoms with van der Waals surface area (Å²) < 4.78 is 34.2. The van der Waals surface area contributed by atoms with E-state index in [0.717, 1.165) is 0 Å². The van der Waals surface area contributed by atoms with Crippen LogP contribution in [0.2, 0.25) is 0 Å². The number of nitrogens with one attached hydrogen (secondary N) is 1. The first-order valence-corrected chi connectivity index (χ1v) is 8.12. The molecule has 22 heavy (non-hydrogen) atoms. The number of rotatable bonds is 5. The van der Waals surface area contributed by atoms with E-state index in [1.807, 2.05) is 6.92 Å². The predicted molar refractivity (Wildman–Crippen MR) is 81.4 cm³/mol. The van der Waals surface area contributed by atoms with Crippen molar-refractivity contribution in [3.05, 3.63) is 48.9 Å². The summed E-state index contributed by atoms with van der Waals surface area (Å²) in [6.07, 6.45) is 3.12. The Kier molecular flexibility index (Phi) is 3.68. The van der Waals surface area contributed by atoms with Crippen molar-refractivity contribution < 1.29 is 13.2 Å². The minimum atomic E-state index is -3.66. The van der Waals surface area contributed by atoms with Crippen molar-refractivity contribution in [2.75, 3.05) is 11.3 Å². The van der Waals surface area contributed by atoms with Crippen LogP contribution in [0, 0.1) is 0 Å². The Balaban J connectivity index is 1.85. The van der Waals surface area contributed by atoms with Gasteiger partial charge in [-0.1, -0.05) is 0 Å². The molecule has 0 atom stereocenters. The third-order valence-corrected chi connectivity index (χ3v) is 4.39. The van der Waals surface area contributed by atoms with E-state index in [9.17, 15) is 8.42 Å². The highest BCUT2D eigenvalue weighted by molar-refractivity contribution is 7.92. The monoisotopic (exact) mass is 318 g/mol. The summed E-state index contributed by atoms with van der Waals surface area (Å²) in [5.74, 6) is 0.632. The molecule has 0 saturated heterocycles. The average Bonchev–Trinajstić information content (AvgIpc) is 2.95. The normalized spacial score (nSPS) is 11.5. The molecule has 3 rings (SSSR count). The van der Waals surface area contributed by atoms with Gasteiger partial charge in [0.15, 0.2) is 5.65 Å². The summed E-state index contributed by atoms with van der Waals surface area (Å²) in [7, 11) is -3.66. The Hall–Kier alpha value is -2.61. The third-order valence-electron chi connectivity index (χ3n) is 2.99. The summed E-state index contributed by atoms with van der Waals surface area (Å²) in [5.41, 5.74) is 1.07. The van der Waals surface area contributed by atoms with Crippen LogP contribution in [0.25, 0.3) is 5.65 Å². The van der Waals surface area contributed by atoms with Crippen LogP contribution in [-0.2, 0) is 10.0 Å². The number of fused-ring (bicyclic) bond motifs is 1. The zero-order chi connectivity index (χ0) is 15.6. The van der Waals surface area contributed by atoms with Crippen LogP contribution < -0.4 is 9.46 Å². The van der Waals surface area contributed by atoms with Gasteiger partial charge in [-0.25, -0.2) is 8.42 Å². The highest BCUT2D eigenvalue weighted by Crippen LogP contribution is 2.19. The van der Waals surface area contributed by atoms with Crippen LogP contribution in [0.15, 0.2) is 53.8 Å². The summed E-state index contributed by atoms with van der Waals surface area (Å²) in [4.78, 5) is 0.166. The second-order valence-electron chi connectivity index (χ2n) is 4.52. The van der Waals surface area contributed by atoms with Gasteiger partial charge in [0.1, 0.15) is 12.1 Å². The van der Waals surface area contributed by atoms with E-state index in [1.165, 1.54) is 18.5 Å². The first kappa shape index (κ1) is 14.3. The Morgan fingerprint density at radius 3 is 2.68 bits per heavy atom. The van der Waals surface area contributed by atoms with E-state index in [4.69, 9.17) is 4.74 Å². The van der Waals surface area contributed by atoms with Gasteiger partial charge in [0.2, 0.25) is 0 Å². The van der Waals surface area contributed by atoms with Gasteiger partial charge in [-0.2, -0.15) is 0 Å². The molecule has 2 heterocycles. The van der Waals surface area contributed by atoms with E-state index in [2.05, 4.69) is 14.9 Å². The molecular formula is C14H14N4O3S. The highest BCUT2D eigenvalue weighted by atomic mass is 32.2. The lowest BCUT2D eigenvalue weighted by Gasteiger charge is -2.09. The topological polar surface area (TPSA) is 85.6 Å². The number of pyridine rings is 1. The van der Waals surface area contributed by atoms with Gasteiger partial charge in [-0.15, -0.1) is 10.2 Å². The van der Waals surface area contributed by atoms with Crippen LogP contribution in [0.5, 0.6) is 5.75 Å². The van der Waals surface area contributed by atoms with Crippen LogP contribution >= 0.6 is 0 Å². The quantitative estimate of drug-likeness (QED) is 0.777. The molecule has 0 aliphatic heterocycles. The number of sulfonamides is 1. The molecule has 114 valence electrons. The van der Waals surface area contributed by atoms with Gasteiger partial charge in [-0.3, -0.25) is 9.12 Å². The van der Waals surface area contributed by atoms with Crippen LogP contribution in [0.3, 0.4) is 0 Å². The van der Waals surface area contributed by atoms with Crippen LogP contribution in [0.1, 0.15) is 6.92 Å². The maximum absolute atomic E-state index is 12.4. The molecule has 0 radical (unpaired) electrons. The fourth-order valence-corrected chi connectivity index (χ4v) is 3.03. The molecule has 1 N–H and O–H groups in total. The molecule has 0 unspecified atom stereocenters. The van der Waals surface area contributed by atoms with Crippen molar-refractivity contribution in [3.8, 4) is 5.75 Å². The van der Waals surface area contributed by atoms with Crippen LogP contribution in [0.4, 0.5) is 5.69 Å². The molecule has 0 saturated carbocycles. The molecule has 1 aromatic carbocycles. The summed E-state index contributed by atoms with van der Waals surface area (Å²) in [6, 6.07) is 9.58. The van der Waals surface area contributed by atoms with Gasteiger partial charge in [0, 0.05) is 6.20 Å². The zero-order valence-electron chi connectivity index (χ0n) is 11.8. The number of benzene rings is 1. The van der Waals surface area contributed by atoms with Gasteiger partial charge in [0.05, 0.1) is 17.2 Å². The summed E-state index contributed by atoms with van der Waals surface area (Å²) >= 11 is 0. The Morgan fingerprint density at radius 2 is 1.95 bits per heavy atom. The molecule has 7 nitrogen and oxygen atoms in total. The smallest absolute Gasteiger partial charge is 0.261 e. The van der Waals surface area contributed by atoms with Crippen molar-refractivity contribution in [2.24, 2.45) is 0 Å². The standard InChI is InChI=1S/C14H14N4O3S/c1-2-21-12-4-6-13(7-5-12)22(19,20)17-11-3-8-14-16-15-10-18(14)9-11/h3-10,17H,2H2,1H3. The first-order chi connectivity index (χ1) is 10.6. The second-order valence-corrected chi connectivity index (χ2v) is 6.21. The van der Waals surface area contributed by atoms with Crippen molar-refractivity contribution in [1.29, 1.82) is 0 Å². The van der Waals surface area contributed by atoms with E-state index in [1.54, 1.807) is 34.9 Å². The molecule has 0 aliphatic rings. The predicted octanol–water partition coefficient (Wildman–Crippen LogP) is 1.93. The molecular weight excluding hydrogens is 304 g/mol. The number of hydrogen-bond acceptors (Lipinski definition) is 5. The van der Waals surface area contributed by atoms with Crippen molar-refractivity contribution in [1.82, 2.24) is 14.6 Å². The van der Waals surface area contributed by atoms with Crippen molar-refractivity contribution >= 4 is 21.4 Å².